The van der Waals surface area contributed by atoms with Gasteiger partial charge in [0.2, 0.25) is 0 Å². The average Bonchev–Trinajstić information content (AvgIpc) is 2.51. The molecule has 0 rings (SSSR count). The molecular formula is C20H40O2. The molecule has 1 unspecified atom stereocenters. The van der Waals surface area contributed by atoms with Gasteiger partial charge in [0.1, 0.15) is 0 Å². The molecule has 2 nitrogen and oxygen atoms in total. The van der Waals surface area contributed by atoms with E-state index in [0.29, 0.717) is 5.92 Å². The van der Waals surface area contributed by atoms with Gasteiger partial charge in [-0.25, -0.2) is 0 Å². The van der Waals surface area contributed by atoms with Crippen LogP contribution in [-0.4, -0.2) is 13.1 Å². The molecule has 0 saturated heterocycles. The summed E-state index contributed by atoms with van der Waals surface area (Å²) in [5, 5.41) is 0. The lowest BCUT2D eigenvalue weighted by Gasteiger charge is -2.28. The van der Waals surface area contributed by atoms with Gasteiger partial charge in [0, 0.05) is 0 Å². The van der Waals surface area contributed by atoms with Crippen LogP contribution in [0.1, 0.15) is 105 Å². The number of ether oxygens (including phenoxy) is 1. The first-order valence-corrected chi connectivity index (χ1v) is 9.55. The van der Waals surface area contributed by atoms with E-state index in [9.17, 15) is 4.79 Å². The van der Waals surface area contributed by atoms with Gasteiger partial charge in [-0.1, -0.05) is 84.5 Å². The van der Waals surface area contributed by atoms with Crippen molar-refractivity contribution in [3.05, 3.63) is 0 Å². The standard InChI is InChI=1S/C20H40O2/c1-6-7-8-9-10-11-12-13-14-15-16-17-18(2)20(3,4)19(21)22-5/h18H,6-17H2,1-5H3. The van der Waals surface area contributed by atoms with Crippen molar-refractivity contribution >= 4 is 5.97 Å². The highest BCUT2D eigenvalue weighted by Gasteiger charge is 2.34. The highest BCUT2D eigenvalue weighted by Crippen LogP contribution is 2.32. The molecular weight excluding hydrogens is 272 g/mol. The van der Waals surface area contributed by atoms with Gasteiger partial charge in [-0.3, -0.25) is 4.79 Å². The first-order valence-electron chi connectivity index (χ1n) is 9.55. The van der Waals surface area contributed by atoms with Gasteiger partial charge < -0.3 is 4.74 Å². The number of rotatable bonds is 14. The zero-order valence-corrected chi connectivity index (χ0v) is 15.9. The third-order valence-electron chi connectivity index (χ3n) is 5.18. The molecule has 0 saturated carbocycles. The molecule has 0 spiro atoms. The van der Waals surface area contributed by atoms with Crippen LogP contribution in [0.15, 0.2) is 0 Å². The highest BCUT2D eigenvalue weighted by atomic mass is 16.5. The van der Waals surface area contributed by atoms with Crippen molar-refractivity contribution in [2.45, 2.75) is 105 Å². The Balaban J connectivity index is 3.48. The van der Waals surface area contributed by atoms with Gasteiger partial charge in [0.05, 0.1) is 12.5 Å². The number of esters is 1. The molecule has 0 bridgehead atoms. The van der Waals surface area contributed by atoms with E-state index in [4.69, 9.17) is 4.74 Å². The molecule has 0 radical (unpaired) electrons. The topological polar surface area (TPSA) is 26.3 Å². The summed E-state index contributed by atoms with van der Waals surface area (Å²) in [5.74, 6) is 0.307. The number of methoxy groups -OCH3 is 1. The van der Waals surface area contributed by atoms with Crippen molar-refractivity contribution in [3.63, 3.8) is 0 Å². The molecule has 0 N–H and O–H groups in total. The van der Waals surface area contributed by atoms with E-state index in [1.165, 1.54) is 77.7 Å². The molecule has 0 fully saturated rings. The smallest absolute Gasteiger partial charge is 0.311 e. The largest absolute Gasteiger partial charge is 0.469 e. The van der Waals surface area contributed by atoms with Gasteiger partial charge in [0.25, 0.3) is 0 Å². The molecule has 2 heteroatoms. The fourth-order valence-electron chi connectivity index (χ4n) is 2.94. The Morgan fingerprint density at radius 2 is 1.27 bits per heavy atom. The molecule has 1 atom stereocenters. The summed E-state index contributed by atoms with van der Waals surface area (Å²) in [7, 11) is 1.49. The fraction of sp³-hybridized carbons (Fsp3) is 0.950. The maximum Gasteiger partial charge on any atom is 0.311 e. The number of carbonyl (C=O) groups is 1. The van der Waals surface area contributed by atoms with Crippen LogP contribution in [0.5, 0.6) is 0 Å². The van der Waals surface area contributed by atoms with Crippen molar-refractivity contribution in [2.24, 2.45) is 11.3 Å². The molecule has 0 aromatic heterocycles. The van der Waals surface area contributed by atoms with E-state index in [0.717, 1.165) is 6.42 Å². The van der Waals surface area contributed by atoms with E-state index in [1.807, 2.05) is 13.8 Å². The van der Waals surface area contributed by atoms with Crippen LogP contribution in [-0.2, 0) is 9.53 Å². The summed E-state index contributed by atoms with van der Waals surface area (Å²) in [5.41, 5.74) is -0.354. The minimum Gasteiger partial charge on any atom is -0.469 e. The Morgan fingerprint density at radius 1 is 0.864 bits per heavy atom. The van der Waals surface area contributed by atoms with E-state index >= 15 is 0 Å². The third-order valence-corrected chi connectivity index (χ3v) is 5.18. The third kappa shape index (κ3) is 9.48. The summed E-state index contributed by atoms with van der Waals surface area (Å²) in [6.07, 6.45) is 16.2. The number of hydrogen-bond donors (Lipinski definition) is 0. The molecule has 0 aromatic carbocycles. The van der Waals surface area contributed by atoms with E-state index in [1.54, 1.807) is 0 Å². The van der Waals surface area contributed by atoms with Gasteiger partial charge in [-0.2, -0.15) is 0 Å². The predicted octanol–water partition coefficient (Wildman–Crippen LogP) is 6.52. The van der Waals surface area contributed by atoms with Gasteiger partial charge >= 0.3 is 5.97 Å². The van der Waals surface area contributed by atoms with Gasteiger partial charge in [0.15, 0.2) is 0 Å². The lowest BCUT2D eigenvalue weighted by atomic mass is 9.77. The summed E-state index contributed by atoms with van der Waals surface area (Å²) < 4.78 is 4.90. The Bertz CT molecular complexity index is 271. The Kier molecular flexibility index (Phi) is 12.6. The maximum atomic E-state index is 11.8. The molecule has 0 heterocycles. The minimum absolute atomic E-state index is 0.0805. The monoisotopic (exact) mass is 312 g/mol. The molecule has 0 aliphatic carbocycles. The summed E-state index contributed by atoms with van der Waals surface area (Å²) in [6, 6.07) is 0. The quantitative estimate of drug-likeness (QED) is 0.269. The van der Waals surface area contributed by atoms with Crippen molar-refractivity contribution in [3.8, 4) is 0 Å². The van der Waals surface area contributed by atoms with E-state index in [-0.39, 0.29) is 11.4 Å². The van der Waals surface area contributed by atoms with Gasteiger partial charge in [-0.15, -0.1) is 0 Å². The van der Waals surface area contributed by atoms with Crippen LogP contribution < -0.4 is 0 Å². The molecule has 0 aromatic rings. The molecule has 0 amide bonds. The Morgan fingerprint density at radius 3 is 1.68 bits per heavy atom. The normalized spacial score (nSPS) is 13.1. The average molecular weight is 313 g/mol. The van der Waals surface area contributed by atoms with Crippen LogP contribution in [0.3, 0.4) is 0 Å². The SMILES string of the molecule is CCCCCCCCCCCCCC(C)C(C)(C)C(=O)OC. The lowest BCUT2D eigenvalue weighted by Crippen LogP contribution is -2.32. The van der Waals surface area contributed by atoms with Crippen molar-refractivity contribution < 1.29 is 9.53 Å². The van der Waals surface area contributed by atoms with Crippen LogP contribution in [0.2, 0.25) is 0 Å². The van der Waals surface area contributed by atoms with Crippen LogP contribution in [0, 0.1) is 11.3 Å². The van der Waals surface area contributed by atoms with Crippen LogP contribution in [0.25, 0.3) is 0 Å². The number of hydrogen-bond acceptors (Lipinski definition) is 2. The fourth-order valence-corrected chi connectivity index (χ4v) is 2.94. The molecule has 0 aliphatic heterocycles. The zero-order valence-electron chi connectivity index (χ0n) is 15.9. The molecule has 0 aliphatic rings. The maximum absolute atomic E-state index is 11.8. The number of carbonyl (C=O) groups excluding carboxylic acids is 1. The lowest BCUT2D eigenvalue weighted by molar-refractivity contribution is -0.153. The van der Waals surface area contributed by atoms with Crippen molar-refractivity contribution in [1.82, 2.24) is 0 Å². The number of unbranched alkanes of at least 4 members (excludes halogenated alkanes) is 10. The van der Waals surface area contributed by atoms with Crippen molar-refractivity contribution in [2.75, 3.05) is 7.11 Å². The Labute approximate surface area is 139 Å². The first-order chi connectivity index (χ1) is 10.5. The van der Waals surface area contributed by atoms with Gasteiger partial charge in [-0.05, 0) is 26.2 Å². The second kappa shape index (κ2) is 13.0. The molecule has 22 heavy (non-hydrogen) atoms. The first kappa shape index (κ1) is 21.5. The minimum atomic E-state index is -0.354. The Hall–Kier alpha value is -0.530. The highest BCUT2D eigenvalue weighted by molar-refractivity contribution is 5.76. The molecule has 132 valence electrons. The second-order valence-corrected chi connectivity index (χ2v) is 7.44. The van der Waals surface area contributed by atoms with E-state index < -0.39 is 0 Å². The summed E-state index contributed by atoms with van der Waals surface area (Å²) in [6.45, 7) is 8.45. The second-order valence-electron chi connectivity index (χ2n) is 7.44. The van der Waals surface area contributed by atoms with E-state index in [2.05, 4.69) is 13.8 Å². The van der Waals surface area contributed by atoms with Crippen LogP contribution in [0.4, 0.5) is 0 Å². The zero-order chi connectivity index (χ0) is 16.8. The summed E-state index contributed by atoms with van der Waals surface area (Å²) in [4.78, 5) is 11.8. The summed E-state index contributed by atoms with van der Waals surface area (Å²) >= 11 is 0. The van der Waals surface area contributed by atoms with Crippen molar-refractivity contribution in [1.29, 1.82) is 0 Å². The van der Waals surface area contributed by atoms with Crippen LogP contribution >= 0.6 is 0 Å². The predicted molar refractivity (Wildman–Crippen MR) is 96.0 cm³/mol.